The molecule has 0 aliphatic carbocycles. The van der Waals surface area contributed by atoms with Crippen LogP contribution < -0.4 is 16.2 Å². The molecule has 0 aromatic heterocycles. The molecule has 2 aliphatic heterocycles. The zero-order valence-electron chi connectivity index (χ0n) is 17.1. The van der Waals surface area contributed by atoms with Crippen LogP contribution in [0.5, 0.6) is 0 Å². The van der Waals surface area contributed by atoms with Gasteiger partial charge in [-0.15, -0.1) is 0 Å². The van der Waals surface area contributed by atoms with E-state index in [1.165, 1.54) is 5.56 Å². The number of nitrogens with one attached hydrogen (secondary N) is 3. The Morgan fingerprint density at radius 3 is 2.75 bits per heavy atom. The monoisotopic (exact) mass is 387 g/mol. The van der Waals surface area contributed by atoms with Crippen molar-refractivity contribution in [3.05, 3.63) is 35.9 Å². The first-order valence-electron chi connectivity index (χ1n) is 10.2. The van der Waals surface area contributed by atoms with Gasteiger partial charge in [0.25, 0.3) is 0 Å². The van der Waals surface area contributed by atoms with Gasteiger partial charge >= 0.3 is 0 Å². The molecule has 0 bridgehead atoms. The molecule has 7 heteroatoms. The van der Waals surface area contributed by atoms with Crippen molar-refractivity contribution in [3.8, 4) is 0 Å². The van der Waals surface area contributed by atoms with Crippen LogP contribution in [0.3, 0.4) is 0 Å². The lowest BCUT2D eigenvalue weighted by molar-refractivity contribution is -0.138. The lowest BCUT2D eigenvalue weighted by atomic mass is 9.94. The van der Waals surface area contributed by atoms with Crippen LogP contribution in [0.2, 0.25) is 0 Å². The van der Waals surface area contributed by atoms with Gasteiger partial charge in [-0.3, -0.25) is 19.9 Å². The topological polar surface area (TPSA) is 76.7 Å². The van der Waals surface area contributed by atoms with Crippen molar-refractivity contribution in [1.82, 2.24) is 26.0 Å². The van der Waals surface area contributed by atoms with Gasteiger partial charge in [0.2, 0.25) is 11.8 Å². The summed E-state index contributed by atoms with van der Waals surface area (Å²) >= 11 is 0. The SMILES string of the molecule is CC(C)CN1CCNC(=O)C1CC(=O)N(C)CC1CNNC1c1ccccc1. The molecule has 2 aliphatic rings. The number of carbonyl (C=O) groups excluding carboxylic acids is 2. The summed E-state index contributed by atoms with van der Waals surface area (Å²) in [6.45, 7) is 8.03. The van der Waals surface area contributed by atoms with E-state index in [2.05, 4.69) is 47.0 Å². The maximum atomic E-state index is 12.9. The van der Waals surface area contributed by atoms with E-state index >= 15 is 0 Å². The molecule has 154 valence electrons. The van der Waals surface area contributed by atoms with Crippen molar-refractivity contribution in [2.24, 2.45) is 11.8 Å². The highest BCUT2D eigenvalue weighted by molar-refractivity contribution is 5.88. The van der Waals surface area contributed by atoms with Crippen molar-refractivity contribution in [2.75, 3.05) is 39.8 Å². The molecule has 28 heavy (non-hydrogen) atoms. The van der Waals surface area contributed by atoms with Crippen molar-refractivity contribution in [2.45, 2.75) is 32.4 Å². The van der Waals surface area contributed by atoms with Gasteiger partial charge in [-0.25, -0.2) is 5.43 Å². The third kappa shape index (κ3) is 5.10. The van der Waals surface area contributed by atoms with Crippen LogP contribution in [0.4, 0.5) is 0 Å². The van der Waals surface area contributed by atoms with Crippen LogP contribution in [0.25, 0.3) is 0 Å². The van der Waals surface area contributed by atoms with E-state index in [0.29, 0.717) is 19.0 Å². The fourth-order valence-electron chi connectivity index (χ4n) is 4.17. The molecular weight excluding hydrogens is 354 g/mol. The zero-order chi connectivity index (χ0) is 20.1. The van der Waals surface area contributed by atoms with E-state index in [9.17, 15) is 9.59 Å². The van der Waals surface area contributed by atoms with Gasteiger partial charge in [0.15, 0.2) is 0 Å². The van der Waals surface area contributed by atoms with E-state index in [0.717, 1.165) is 19.6 Å². The summed E-state index contributed by atoms with van der Waals surface area (Å²) in [5, 5.41) is 2.91. The molecule has 0 saturated carbocycles. The lowest BCUT2D eigenvalue weighted by Gasteiger charge is -2.36. The Morgan fingerprint density at radius 1 is 1.29 bits per heavy atom. The summed E-state index contributed by atoms with van der Waals surface area (Å²) in [5.74, 6) is 0.737. The van der Waals surface area contributed by atoms with Crippen LogP contribution in [-0.2, 0) is 9.59 Å². The van der Waals surface area contributed by atoms with Crippen molar-refractivity contribution < 1.29 is 9.59 Å². The maximum Gasteiger partial charge on any atom is 0.237 e. The number of hydrogen-bond donors (Lipinski definition) is 3. The second-order valence-corrected chi connectivity index (χ2v) is 8.35. The smallest absolute Gasteiger partial charge is 0.237 e. The molecule has 0 spiro atoms. The summed E-state index contributed by atoms with van der Waals surface area (Å²) in [7, 11) is 1.84. The largest absolute Gasteiger partial charge is 0.353 e. The number of amides is 2. The van der Waals surface area contributed by atoms with Gasteiger partial charge in [-0.2, -0.15) is 0 Å². The molecular formula is C21H33N5O2. The summed E-state index contributed by atoms with van der Waals surface area (Å²) in [5.41, 5.74) is 7.76. The summed E-state index contributed by atoms with van der Waals surface area (Å²) in [6, 6.07) is 10.1. The number of nitrogens with zero attached hydrogens (tertiary/aromatic N) is 2. The number of hydrogen-bond acceptors (Lipinski definition) is 5. The Hall–Kier alpha value is -1.96. The van der Waals surface area contributed by atoms with E-state index in [1.807, 2.05) is 25.2 Å². The van der Waals surface area contributed by atoms with Crippen molar-refractivity contribution in [3.63, 3.8) is 0 Å². The minimum atomic E-state index is -0.365. The zero-order valence-corrected chi connectivity index (χ0v) is 17.1. The summed E-state index contributed by atoms with van der Waals surface area (Å²) < 4.78 is 0. The molecule has 2 fully saturated rings. The van der Waals surface area contributed by atoms with E-state index in [1.54, 1.807) is 4.90 Å². The third-order valence-corrected chi connectivity index (χ3v) is 5.60. The number of hydrazine groups is 1. The van der Waals surface area contributed by atoms with Crippen LogP contribution in [0, 0.1) is 11.8 Å². The molecule has 3 unspecified atom stereocenters. The number of benzene rings is 1. The average Bonchev–Trinajstić information content (AvgIpc) is 3.12. The molecule has 1 aromatic carbocycles. The molecule has 3 atom stereocenters. The highest BCUT2D eigenvalue weighted by Gasteiger charge is 2.34. The maximum absolute atomic E-state index is 12.9. The predicted molar refractivity (Wildman–Crippen MR) is 109 cm³/mol. The highest BCUT2D eigenvalue weighted by Crippen LogP contribution is 2.25. The van der Waals surface area contributed by atoms with Crippen LogP contribution in [0.15, 0.2) is 30.3 Å². The fraction of sp³-hybridized carbons (Fsp3) is 0.619. The van der Waals surface area contributed by atoms with Gasteiger partial charge in [0.05, 0.1) is 18.5 Å². The second kappa shape index (κ2) is 9.49. The molecule has 2 amide bonds. The first-order chi connectivity index (χ1) is 13.5. The molecule has 1 aromatic rings. The molecule has 0 radical (unpaired) electrons. The Kier molecular flexibility index (Phi) is 7.04. The summed E-state index contributed by atoms with van der Waals surface area (Å²) in [6.07, 6.45) is 0.235. The Bertz CT molecular complexity index is 666. The minimum Gasteiger partial charge on any atom is -0.353 e. The highest BCUT2D eigenvalue weighted by atomic mass is 16.2. The Morgan fingerprint density at radius 2 is 2.04 bits per heavy atom. The molecule has 2 saturated heterocycles. The number of rotatable bonds is 7. The predicted octanol–water partition coefficient (Wildman–Crippen LogP) is 0.757. The standard InChI is InChI=1S/C21H33N5O2/c1-15(2)13-26-10-9-22-21(28)18(26)11-19(27)25(3)14-17-12-23-24-20(17)16-7-5-4-6-8-16/h4-8,15,17-18,20,23-24H,9-14H2,1-3H3,(H,22,28). The fourth-order valence-corrected chi connectivity index (χ4v) is 4.17. The first kappa shape index (κ1) is 20.8. The Labute approximate surface area is 167 Å². The number of piperazine rings is 1. The third-order valence-electron chi connectivity index (χ3n) is 5.60. The lowest BCUT2D eigenvalue weighted by Crippen LogP contribution is -2.57. The second-order valence-electron chi connectivity index (χ2n) is 8.35. The van der Waals surface area contributed by atoms with Crippen molar-refractivity contribution >= 4 is 11.8 Å². The van der Waals surface area contributed by atoms with E-state index in [-0.39, 0.29) is 36.2 Å². The van der Waals surface area contributed by atoms with Crippen LogP contribution >= 0.6 is 0 Å². The van der Waals surface area contributed by atoms with Gasteiger partial charge in [-0.1, -0.05) is 44.2 Å². The van der Waals surface area contributed by atoms with Crippen molar-refractivity contribution in [1.29, 1.82) is 0 Å². The van der Waals surface area contributed by atoms with Crippen LogP contribution in [0.1, 0.15) is 31.9 Å². The average molecular weight is 388 g/mol. The molecule has 2 heterocycles. The molecule has 7 nitrogen and oxygen atoms in total. The number of carbonyl (C=O) groups is 2. The first-order valence-corrected chi connectivity index (χ1v) is 10.2. The van der Waals surface area contributed by atoms with Gasteiger partial charge < -0.3 is 10.2 Å². The normalized spacial score (nSPS) is 25.7. The van der Waals surface area contributed by atoms with E-state index in [4.69, 9.17) is 0 Å². The minimum absolute atomic E-state index is 0.0227. The van der Waals surface area contributed by atoms with Gasteiger partial charge in [-0.05, 0) is 11.5 Å². The molecule has 3 rings (SSSR count). The Balaban J connectivity index is 1.59. The quantitative estimate of drug-likeness (QED) is 0.644. The van der Waals surface area contributed by atoms with Gasteiger partial charge in [0.1, 0.15) is 0 Å². The van der Waals surface area contributed by atoms with Crippen LogP contribution in [-0.4, -0.2) is 67.4 Å². The van der Waals surface area contributed by atoms with E-state index < -0.39 is 0 Å². The summed E-state index contributed by atoms with van der Waals surface area (Å²) in [4.78, 5) is 29.2. The molecule has 3 N–H and O–H groups in total. The van der Waals surface area contributed by atoms with Gasteiger partial charge in [0, 0.05) is 45.7 Å².